The number of carbonyl (C=O) groups excluding carboxylic acids is 1. The first-order valence-electron chi connectivity index (χ1n) is 10.3. The summed E-state index contributed by atoms with van der Waals surface area (Å²) in [5, 5.41) is 16.9. The number of aryl methyl sites for hydroxylation is 1. The molecule has 0 N–H and O–H groups in total. The fraction of sp³-hybridized carbons (Fsp3) is 0.391. The zero-order valence-electron chi connectivity index (χ0n) is 17.7. The molecule has 3 rings (SSSR count). The van der Waals surface area contributed by atoms with Crippen molar-refractivity contribution in [3.05, 3.63) is 52.1 Å². The van der Waals surface area contributed by atoms with Crippen LogP contribution in [-0.4, -0.2) is 21.2 Å². The molecule has 3 aromatic rings. The second-order valence-electron chi connectivity index (χ2n) is 7.52. The molecule has 0 unspecified atom stereocenters. The van der Waals surface area contributed by atoms with Gasteiger partial charge in [0.15, 0.2) is 0 Å². The molecule has 7 nitrogen and oxygen atoms in total. The summed E-state index contributed by atoms with van der Waals surface area (Å²) in [4.78, 5) is 26.7. The molecular formula is C23H27N3O4. The summed E-state index contributed by atoms with van der Waals surface area (Å²) >= 11 is 0. The van der Waals surface area contributed by atoms with Gasteiger partial charge < -0.3 is 9.40 Å². The van der Waals surface area contributed by atoms with Crippen LogP contribution in [0, 0.1) is 10.1 Å². The van der Waals surface area contributed by atoms with Crippen molar-refractivity contribution in [1.29, 1.82) is 0 Å². The van der Waals surface area contributed by atoms with Gasteiger partial charge in [-0.3, -0.25) is 10.1 Å². The predicted octanol–water partition coefficient (Wildman–Crippen LogP) is 5.96. The van der Waals surface area contributed by atoms with Gasteiger partial charge in [0.05, 0.1) is 10.6 Å². The third kappa shape index (κ3) is 4.67. The summed E-state index contributed by atoms with van der Waals surface area (Å²) in [6, 6.07) is 10.9. The summed E-state index contributed by atoms with van der Waals surface area (Å²) < 4.78 is 2.24. The molecular weight excluding hydrogens is 382 g/mol. The standard InChI is InChI=1S/C23H27N3O4/c1-4-5-6-7-8-13-25-22-11-9-18(16(2)24-30-17(3)27)14-20(22)21-15-19(26(28)29)10-12-23(21)25/h9-12,14-15H,4-8,13H2,1-3H3. The van der Waals surface area contributed by atoms with E-state index in [-0.39, 0.29) is 10.6 Å². The van der Waals surface area contributed by atoms with E-state index in [1.165, 1.54) is 26.2 Å². The fourth-order valence-electron chi connectivity index (χ4n) is 3.73. The minimum atomic E-state index is -0.481. The minimum Gasteiger partial charge on any atom is -0.340 e. The molecule has 0 amide bonds. The molecule has 1 aromatic heterocycles. The maximum absolute atomic E-state index is 11.3. The van der Waals surface area contributed by atoms with E-state index in [1.807, 2.05) is 24.3 Å². The number of unbranched alkanes of at least 4 members (excludes halogenated alkanes) is 4. The van der Waals surface area contributed by atoms with Gasteiger partial charge in [-0.25, -0.2) is 4.79 Å². The van der Waals surface area contributed by atoms with Crippen molar-refractivity contribution < 1.29 is 14.6 Å². The van der Waals surface area contributed by atoms with Crippen molar-refractivity contribution in [2.45, 2.75) is 59.4 Å². The summed E-state index contributed by atoms with van der Waals surface area (Å²) in [7, 11) is 0. The van der Waals surface area contributed by atoms with Gasteiger partial charge in [-0.05, 0) is 37.1 Å². The van der Waals surface area contributed by atoms with Crippen LogP contribution in [0.1, 0.15) is 58.4 Å². The van der Waals surface area contributed by atoms with E-state index in [9.17, 15) is 14.9 Å². The van der Waals surface area contributed by atoms with Crippen molar-refractivity contribution >= 4 is 39.2 Å². The Kier molecular flexibility index (Phi) is 6.82. The van der Waals surface area contributed by atoms with E-state index in [0.717, 1.165) is 46.8 Å². The number of nitro groups is 1. The highest BCUT2D eigenvalue weighted by molar-refractivity contribution is 6.12. The Morgan fingerprint density at radius 1 is 1.03 bits per heavy atom. The molecule has 158 valence electrons. The molecule has 0 spiro atoms. The average Bonchev–Trinajstić information content (AvgIpc) is 3.04. The molecule has 0 aliphatic carbocycles. The quantitative estimate of drug-likeness (QED) is 0.143. The summed E-state index contributed by atoms with van der Waals surface area (Å²) in [6.07, 6.45) is 5.88. The number of hydrogen-bond donors (Lipinski definition) is 0. The number of nitrogens with zero attached hydrogens (tertiary/aromatic N) is 3. The average molecular weight is 409 g/mol. The molecule has 0 atom stereocenters. The monoisotopic (exact) mass is 409 g/mol. The maximum atomic E-state index is 11.3. The van der Waals surface area contributed by atoms with E-state index in [4.69, 9.17) is 4.84 Å². The molecule has 7 heteroatoms. The molecule has 0 bridgehead atoms. The molecule has 0 saturated carbocycles. The Hall–Kier alpha value is -3.22. The van der Waals surface area contributed by atoms with Gasteiger partial charge in [0.25, 0.3) is 5.69 Å². The Morgan fingerprint density at radius 2 is 1.70 bits per heavy atom. The lowest BCUT2D eigenvalue weighted by atomic mass is 10.1. The number of benzene rings is 2. The van der Waals surface area contributed by atoms with Gasteiger partial charge >= 0.3 is 5.97 Å². The normalized spacial score (nSPS) is 11.9. The van der Waals surface area contributed by atoms with E-state index in [2.05, 4.69) is 16.6 Å². The maximum Gasteiger partial charge on any atom is 0.331 e. The van der Waals surface area contributed by atoms with Crippen LogP contribution in [-0.2, 0) is 16.2 Å². The van der Waals surface area contributed by atoms with Gasteiger partial charge in [0.1, 0.15) is 0 Å². The van der Waals surface area contributed by atoms with Gasteiger partial charge in [0.2, 0.25) is 0 Å². The van der Waals surface area contributed by atoms with Crippen molar-refractivity contribution in [2.75, 3.05) is 0 Å². The second kappa shape index (κ2) is 9.52. The number of non-ortho nitro benzene ring substituents is 1. The smallest absolute Gasteiger partial charge is 0.331 e. The third-order valence-electron chi connectivity index (χ3n) is 5.27. The first-order chi connectivity index (χ1) is 14.4. The molecule has 0 radical (unpaired) electrons. The number of oxime groups is 1. The largest absolute Gasteiger partial charge is 0.340 e. The zero-order chi connectivity index (χ0) is 21.7. The first kappa shape index (κ1) is 21.5. The molecule has 1 heterocycles. The fourth-order valence-corrected chi connectivity index (χ4v) is 3.73. The summed E-state index contributed by atoms with van der Waals surface area (Å²) in [5.74, 6) is -0.481. The first-order valence-corrected chi connectivity index (χ1v) is 10.3. The number of hydrogen-bond acceptors (Lipinski definition) is 5. The number of carbonyl (C=O) groups is 1. The molecule has 30 heavy (non-hydrogen) atoms. The summed E-state index contributed by atoms with van der Waals surface area (Å²) in [5.41, 5.74) is 3.46. The zero-order valence-corrected chi connectivity index (χ0v) is 17.7. The molecule has 0 fully saturated rings. The number of rotatable bonds is 9. The Balaban J connectivity index is 2.07. The van der Waals surface area contributed by atoms with Crippen LogP contribution in [0.2, 0.25) is 0 Å². The van der Waals surface area contributed by atoms with Gasteiger partial charge in [-0.1, -0.05) is 43.8 Å². The number of fused-ring (bicyclic) bond motifs is 3. The van der Waals surface area contributed by atoms with Gasteiger partial charge in [0, 0.05) is 47.4 Å². The van der Waals surface area contributed by atoms with E-state index >= 15 is 0 Å². The van der Waals surface area contributed by atoms with Crippen molar-refractivity contribution in [1.82, 2.24) is 4.57 Å². The molecule has 0 saturated heterocycles. The Bertz CT molecular complexity index is 1110. The minimum absolute atomic E-state index is 0.0696. The van der Waals surface area contributed by atoms with Crippen LogP contribution in [0.4, 0.5) is 5.69 Å². The van der Waals surface area contributed by atoms with Crippen LogP contribution in [0.5, 0.6) is 0 Å². The lowest BCUT2D eigenvalue weighted by Crippen LogP contribution is -2.00. The highest BCUT2D eigenvalue weighted by atomic mass is 16.7. The van der Waals surface area contributed by atoms with Crippen molar-refractivity contribution in [3.8, 4) is 0 Å². The number of nitro benzene ring substituents is 1. The van der Waals surface area contributed by atoms with Crippen LogP contribution >= 0.6 is 0 Å². The van der Waals surface area contributed by atoms with E-state index in [1.54, 1.807) is 19.1 Å². The lowest BCUT2D eigenvalue weighted by molar-refractivity contribution is -0.384. The topological polar surface area (TPSA) is 86.7 Å². The van der Waals surface area contributed by atoms with E-state index in [0.29, 0.717) is 5.71 Å². The third-order valence-corrected chi connectivity index (χ3v) is 5.27. The molecule has 0 aliphatic heterocycles. The highest BCUT2D eigenvalue weighted by Gasteiger charge is 2.16. The van der Waals surface area contributed by atoms with Gasteiger partial charge in [-0.15, -0.1) is 0 Å². The van der Waals surface area contributed by atoms with Crippen LogP contribution < -0.4 is 0 Å². The van der Waals surface area contributed by atoms with Crippen LogP contribution in [0.3, 0.4) is 0 Å². The summed E-state index contributed by atoms with van der Waals surface area (Å²) in [6.45, 7) is 6.12. The van der Waals surface area contributed by atoms with Crippen LogP contribution in [0.15, 0.2) is 41.6 Å². The SMILES string of the molecule is CCCCCCCn1c2ccc(C(C)=NOC(C)=O)cc2c2cc([N+](=O)[O-])ccc21. The lowest BCUT2D eigenvalue weighted by Gasteiger charge is -2.08. The van der Waals surface area contributed by atoms with Crippen LogP contribution in [0.25, 0.3) is 21.8 Å². The highest BCUT2D eigenvalue weighted by Crippen LogP contribution is 2.33. The van der Waals surface area contributed by atoms with Crippen molar-refractivity contribution in [3.63, 3.8) is 0 Å². The van der Waals surface area contributed by atoms with E-state index < -0.39 is 5.97 Å². The van der Waals surface area contributed by atoms with Crippen molar-refractivity contribution in [2.24, 2.45) is 5.16 Å². The number of aromatic nitrogens is 1. The van der Waals surface area contributed by atoms with Gasteiger partial charge in [-0.2, -0.15) is 0 Å². The molecule has 0 aliphatic rings. The predicted molar refractivity (Wildman–Crippen MR) is 119 cm³/mol. The molecule has 2 aromatic carbocycles. The Labute approximate surface area is 175 Å². The Morgan fingerprint density at radius 3 is 2.37 bits per heavy atom. The second-order valence-corrected chi connectivity index (χ2v) is 7.52.